The number of aromatic hydroxyl groups is 6. The molecule has 0 fully saturated rings. The molecule has 0 amide bonds. The van der Waals surface area contributed by atoms with Gasteiger partial charge in [-0.3, -0.25) is 28.8 Å². The number of halogens is 12. The van der Waals surface area contributed by atoms with Gasteiger partial charge in [0, 0.05) is 56.0 Å². The maximum Gasteiger partial charge on any atom is 0.308 e. The average molecular weight is 2430 g/mol. The van der Waals surface area contributed by atoms with Crippen molar-refractivity contribution in [3.63, 3.8) is 0 Å². The minimum absolute atomic E-state index is 0.0330. The normalized spacial score (nSPS) is 10.1. The number of carbonyl (C=O) groups is 6. The molecule has 0 aromatic heterocycles. The summed E-state index contributed by atoms with van der Waals surface area (Å²) < 4.78 is 28.6. The van der Waals surface area contributed by atoms with Gasteiger partial charge in [0.05, 0.1) is 41.3 Å². The lowest BCUT2D eigenvalue weighted by atomic mass is 10.1. The van der Waals surface area contributed by atoms with Gasteiger partial charge in [-0.05, 0) is 335 Å². The molecule has 6 N–H and O–H groups in total. The summed E-state index contributed by atoms with van der Waals surface area (Å²) in [6.07, 6.45) is 0. The Morgan fingerprint density at radius 2 is 0.532 bits per heavy atom. The number of rotatable bonds is 9. The van der Waals surface area contributed by atoms with Crippen LogP contribution in [0.1, 0.15) is 99.7 Å². The zero-order valence-electron chi connectivity index (χ0n) is 42.2. The Morgan fingerprint density at radius 3 is 0.722 bits per heavy atom. The van der Waals surface area contributed by atoms with Gasteiger partial charge < -0.3 is 49.6 Å². The Kier molecular flexibility index (Phi) is 34.2. The molecule has 0 bridgehead atoms. The highest BCUT2D eigenvalue weighted by Crippen LogP contribution is 2.46. The van der Waals surface area contributed by atoms with Crippen LogP contribution >= 0.6 is 271 Å². The van der Waals surface area contributed by atoms with Crippen LogP contribution in [-0.2, 0) is 19.2 Å². The van der Waals surface area contributed by atoms with Gasteiger partial charge in [-0.1, -0.05) is 19.7 Å². The topological polar surface area (TPSA) is 261 Å². The van der Waals surface area contributed by atoms with Crippen LogP contribution in [-0.4, -0.2) is 66.1 Å². The molecule has 5 aromatic carbocycles. The van der Waals surface area contributed by atoms with Gasteiger partial charge in [0.2, 0.25) is 0 Å². The average Bonchev–Trinajstić information content (AvgIpc) is 3.32. The van der Waals surface area contributed by atoms with Crippen LogP contribution in [0.5, 0.6) is 57.5 Å². The number of carbonyl (C=O) groups excluding carboxylic acids is 6. The SMILES string of the molecule is C=C(C)c1c(I)c(O)c(I)c(O)c1I.C=C(C)c1c(I)c(OC(C)=O)c(I)c(OC(C)=O)c1I.C=C(C)c1c(I)c(OC(C)=O)c(I)c(OC(C)=O)c1I.CC(=O)c1c(I)c(O)c(I)c(O)c1I.CC(=O)c1cc(O)cc(O)c1. The fourth-order valence-electron chi connectivity index (χ4n) is 5.68. The fraction of sp³-hybridized carbons (Fsp3) is 0.176. The van der Waals surface area contributed by atoms with Crippen molar-refractivity contribution in [3.8, 4) is 57.5 Å². The van der Waals surface area contributed by atoms with Crippen molar-refractivity contribution < 1.29 is 78.4 Å². The summed E-state index contributed by atoms with van der Waals surface area (Å²) in [5, 5.41) is 56.5. The first kappa shape index (κ1) is 77.1. The highest BCUT2D eigenvalue weighted by atomic mass is 127. The molecule has 16 nitrogen and oxygen atoms in total. The second kappa shape index (κ2) is 35.0. The van der Waals surface area contributed by atoms with Crippen molar-refractivity contribution in [1.29, 1.82) is 0 Å². The van der Waals surface area contributed by atoms with E-state index in [0.29, 0.717) is 55.5 Å². The Labute approximate surface area is 619 Å². The summed E-state index contributed by atoms with van der Waals surface area (Å²) in [6.45, 7) is 25.3. The van der Waals surface area contributed by atoms with Crippen molar-refractivity contribution in [3.05, 3.63) is 109 Å². The quantitative estimate of drug-likeness (QED) is 0.0347. The number of allylic oxidation sites excluding steroid dienone is 3. The van der Waals surface area contributed by atoms with Crippen LogP contribution in [0, 0.1) is 42.8 Å². The van der Waals surface area contributed by atoms with E-state index in [4.69, 9.17) is 29.2 Å². The van der Waals surface area contributed by atoms with Gasteiger partial charge in [-0.15, -0.1) is 0 Å². The molecule has 0 saturated heterocycles. The van der Waals surface area contributed by atoms with E-state index in [-0.39, 0.29) is 46.1 Å². The first-order valence-electron chi connectivity index (χ1n) is 21.0. The molecule has 0 aliphatic rings. The van der Waals surface area contributed by atoms with E-state index in [1.165, 1.54) is 59.7 Å². The summed E-state index contributed by atoms with van der Waals surface area (Å²) in [5.74, 6) is -0.488. The maximum absolute atomic E-state index is 11.3. The first-order valence-corrected chi connectivity index (χ1v) is 34.0. The maximum atomic E-state index is 11.3. The first-order chi connectivity index (χ1) is 36.2. The third-order valence-electron chi connectivity index (χ3n) is 8.94. The van der Waals surface area contributed by atoms with E-state index < -0.39 is 23.9 Å². The summed E-state index contributed by atoms with van der Waals surface area (Å²) in [7, 11) is 0. The monoisotopic (exact) mass is 2430 g/mol. The van der Waals surface area contributed by atoms with Crippen LogP contribution in [0.4, 0.5) is 0 Å². The minimum Gasteiger partial charge on any atom is -0.508 e. The van der Waals surface area contributed by atoms with Gasteiger partial charge in [-0.25, -0.2) is 0 Å². The number of ether oxygens (including phenoxy) is 4. The number of ketones is 2. The molecule has 79 heavy (non-hydrogen) atoms. The van der Waals surface area contributed by atoms with Crippen LogP contribution in [0.25, 0.3) is 16.7 Å². The third-order valence-corrected chi connectivity index (χ3v) is 21.3. The fourth-order valence-corrected chi connectivity index (χ4v) is 22.7. The number of benzene rings is 5. The van der Waals surface area contributed by atoms with Crippen LogP contribution in [0.2, 0.25) is 0 Å². The third kappa shape index (κ3) is 21.8. The Hall–Kier alpha value is 0.1000. The molecule has 0 saturated carbocycles. The predicted molar refractivity (Wildman–Crippen MR) is 404 cm³/mol. The molecule has 0 aliphatic carbocycles. The van der Waals surface area contributed by atoms with Gasteiger partial charge in [0.15, 0.2) is 34.6 Å². The lowest BCUT2D eigenvalue weighted by Gasteiger charge is -2.18. The molecule has 0 heterocycles. The Morgan fingerprint density at radius 1 is 0.316 bits per heavy atom. The van der Waals surface area contributed by atoms with Crippen LogP contribution < -0.4 is 18.9 Å². The van der Waals surface area contributed by atoms with Crippen molar-refractivity contribution in [2.45, 2.75) is 62.3 Å². The molecule has 5 aromatic rings. The molecule has 0 atom stereocenters. The lowest BCUT2D eigenvalue weighted by Crippen LogP contribution is -2.11. The molecular weight excluding hydrogens is 2390 g/mol. The number of phenolic OH excluding ortho intramolecular Hbond substituents is 6. The summed E-state index contributed by atoms with van der Waals surface area (Å²) >= 11 is 24.1. The van der Waals surface area contributed by atoms with Crippen LogP contribution in [0.3, 0.4) is 0 Å². The molecule has 0 aliphatic heterocycles. The smallest absolute Gasteiger partial charge is 0.308 e. The van der Waals surface area contributed by atoms with E-state index in [9.17, 15) is 49.2 Å². The van der Waals surface area contributed by atoms with Crippen LogP contribution in [0.15, 0.2) is 37.9 Å². The lowest BCUT2D eigenvalue weighted by molar-refractivity contribution is -0.133. The van der Waals surface area contributed by atoms with Gasteiger partial charge in [0.25, 0.3) is 0 Å². The summed E-state index contributed by atoms with van der Waals surface area (Å²) in [6, 6.07) is 3.79. The van der Waals surface area contributed by atoms with Crippen molar-refractivity contribution in [2.75, 3.05) is 0 Å². The molecule has 0 unspecified atom stereocenters. The van der Waals surface area contributed by atoms with Crippen molar-refractivity contribution in [1.82, 2.24) is 0 Å². The molecule has 0 radical (unpaired) electrons. The Balaban J connectivity index is 0.000000502. The second-order valence-corrected chi connectivity index (χ2v) is 28.5. The predicted octanol–water partition coefficient (Wildman–Crippen LogP) is 17.1. The van der Waals surface area contributed by atoms with Gasteiger partial charge >= 0.3 is 23.9 Å². The second-order valence-electron chi connectivity index (χ2n) is 15.5. The van der Waals surface area contributed by atoms with Gasteiger partial charge in [0.1, 0.15) is 41.6 Å². The van der Waals surface area contributed by atoms with Crippen molar-refractivity contribution >= 4 is 323 Å². The molecule has 5 rings (SSSR count). The molecular formula is C51H42I12O16. The largest absolute Gasteiger partial charge is 0.508 e. The van der Waals surface area contributed by atoms with E-state index in [1.807, 2.05) is 156 Å². The van der Waals surface area contributed by atoms with E-state index in [1.54, 1.807) is 0 Å². The number of hydrogen-bond acceptors (Lipinski definition) is 16. The highest BCUT2D eigenvalue weighted by molar-refractivity contribution is 14.1. The standard InChI is InChI=1S/2C13H11I3O4.C9H7I3O2.C8H5I3O3.C8H8O3/c2*1-5(2)8-9(14)12(19-6(3)17)11(16)13(10(8)15)20-7(4)18;1-3(2)4-5(10)8(13)7(12)9(14)6(4)11;1-2(12)3-4(9)7(13)6(11)8(14)5(3)10;1-5(9)6-2-7(10)4-8(11)3-6/h2*1H2,2-4H3;13-14H,1H2,2H3;13-14H,1H3;2-4,10-11H,1H3. The van der Waals surface area contributed by atoms with Crippen molar-refractivity contribution in [2.24, 2.45) is 0 Å². The Bertz CT molecular complexity index is 2990. The number of Topliss-reactive ketones (excluding diaryl/α,β-unsaturated/α-hetero) is 2. The van der Waals surface area contributed by atoms with E-state index >= 15 is 0 Å². The summed E-state index contributed by atoms with van der Waals surface area (Å²) in [4.78, 5) is 67.0. The number of phenols is 6. The molecule has 426 valence electrons. The van der Waals surface area contributed by atoms with Gasteiger partial charge in [-0.2, -0.15) is 0 Å². The zero-order valence-corrected chi connectivity index (χ0v) is 68.0. The number of esters is 4. The minimum atomic E-state index is -0.427. The zero-order chi connectivity index (χ0) is 61.7. The highest BCUT2D eigenvalue weighted by Gasteiger charge is 2.27. The molecule has 0 spiro atoms. The number of hydrogen-bond donors (Lipinski definition) is 6. The van der Waals surface area contributed by atoms with E-state index in [0.717, 1.165) is 54.8 Å². The van der Waals surface area contributed by atoms with E-state index in [2.05, 4.69) is 155 Å². The summed E-state index contributed by atoms with van der Waals surface area (Å²) in [5.41, 5.74) is 5.58. The molecule has 28 heteroatoms.